The van der Waals surface area contributed by atoms with Gasteiger partial charge in [0.1, 0.15) is 0 Å². The summed E-state index contributed by atoms with van der Waals surface area (Å²) < 4.78 is 0. The van der Waals surface area contributed by atoms with E-state index >= 15 is 0 Å². The lowest BCUT2D eigenvalue weighted by atomic mass is 10.00. The number of carbonyl (C=O) groups is 1. The first-order valence-electron chi connectivity index (χ1n) is 7.83. The van der Waals surface area contributed by atoms with Gasteiger partial charge in [0, 0.05) is 11.9 Å². The van der Waals surface area contributed by atoms with Crippen molar-refractivity contribution >= 4 is 22.4 Å². The smallest absolute Gasteiger partial charge is 0.243 e. The summed E-state index contributed by atoms with van der Waals surface area (Å²) in [5.41, 5.74) is 6.97. The lowest BCUT2D eigenvalue weighted by Gasteiger charge is -2.25. The zero-order valence-corrected chi connectivity index (χ0v) is 13.8. The van der Waals surface area contributed by atoms with Crippen LogP contribution in [-0.2, 0) is 11.3 Å². The quantitative estimate of drug-likeness (QED) is 0.846. The van der Waals surface area contributed by atoms with E-state index in [1.54, 1.807) is 0 Å². The van der Waals surface area contributed by atoms with Crippen LogP contribution in [0.2, 0.25) is 0 Å². The second-order valence-corrected chi connectivity index (χ2v) is 6.74. The number of piperidine rings is 1. The van der Waals surface area contributed by atoms with Crippen molar-refractivity contribution in [1.29, 1.82) is 0 Å². The van der Waals surface area contributed by atoms with Gasteiger partial charge in [0.2, 0.25) is 5.91 Å². The highest BCUT2D eigenvalue weighted by molar-refractivity contribution is 7.13. The van der Waals surface area contributed by atoms with Crippen LogP contribution in [0.25, 0.3) is 0 Å². The topological polar surface area (TPSA) is 71.2 Å². The Hall–Kier alpha value is -0.980. The number of nitrogens with zero attached hydrogens (tertiary/aromatic N) is 2. The molecule has 2 rings (SSSR count). The molecule has 1 amide bonds. The third-order valence-corrected chi connectivity index (χ3v) is 4.98. The SMILES string of the molecule is CCC(C)C(N)C(=O)Nc1nc(CN2CCCCC2)cs1. The fraction of sp³-hybridized carbons (Fsp3) is 0.733. The van der Waals surface area contributed by atoms with Crippen molar-refractivity contribution in [3.8, 4) is 0 Å². The third-order valence-electron chi connectivity index (χ3n) is 4.18. The number of hydrogen-bond donors (Lipinski definition) is 2. The molecule has 6 heteroatoms. The predicted octanol–water partition coefficient (Wildman–Crippen LogP) is 2.44. The van der Waals surface area contributed by atoms with Gasteiger partial charge in [-0.1, -0.05) is 26.7 Å². The Kier molecular flexibility index (Phi) is 6.14. The minimum Gasteiger partial charge on any atom is -0.320 e. The Labute approximate surface area is 130 Å². The van der Waals surface area contributed by atoms with E-state index in [2.05, 4.69) is 15.2 Å². The summed E-state index contributed by atoms with van der Waals surface area (Å²) in [6, 6.07) is -0.468. The van der Waals surface area contributed by atoms with Crippen LogP contribution in [-0.4, -0.2) is 34.9 Å². The first-order valence-corrected chi connectivity index (χ1v) is 8.71. The molecule has 21 heavy (non-hydrogen) atoms. The summed E-state index contributed by atoms with van der Waals surface area (Å²) in [7, 11) is 0. The molecule has 1 fully saturated rings. The molecule has 3 N–H and O–H groups in total. The van der Waals surface area contributed by atoms with Gasteiger partial charge in [-0.2, -0.15) is 0 Å². The third kappa shape index (κ3) is 4.76. The summed E-state index contributed by atoms with van der Waals surface area (Å²) in [5.74, 6) is 0.0426. The molecule has 0 aliphatic carbocycles. The van der Waals surface area contributed by atoms with Gasteiger partial charge < -0.3 is 11.1 Å². The van der Waals surface area contributed by atoms with Crippen LogP contribution < -0.4 is 11.1 Å². The minimum atomic E-state index is -0.468. The number of thiazole rings is 1. The molecular formula is C15H26N4OS. The van der Waals surface area contributed by atoms with Gasteiger partial charge in [-0.3, -0.25) is 9.69 Å². The second-order valence-electron chi connectivity index (χ2n) is 5.88. The van der Waals surface area contributed by atoms with Crippen LogP contribution in [0.3, 0.4) is 0 Å². The number of hydrogen-bond acceptors (Lipinski definition) is 5. The molecule has 0 spiro atoms. The van der Waals surface area contributed by atoms with Gasteiger partial charge in [0.05, 0.1) is 11.7 Å². The first kappa shape index (κ1) is 16.4. The van der Waals surface area contributed by atoms with E-state index in [0.717, 1.165) is 31.7 Å². The van der Waals surface area contributed by atoms with E-state index in [0.29, 0.717) is 5.13 Å². The number of amides is 1. The van der Waals surface area contributed by atoms with Crippen LogP contribution >= 0.6 is 11.3 Å². The van der Waals surface area contributed by atoms with Gasteiger partial charge in [0.25, 0.3) is 0 Å². The van der Waals surface area contributed by atoms with Crippen molar-refractivity contribution < 1.29 is 4.79 Å². The largest absolute Gasteiger partial charge is 0.320 e. The monoisotopic (exact) mass is 310 g/mol. The maximum Gasteiger partial charge on any atom is 0.243 e. The number of nitrogens with two attached hydrogens (primary N) is 1. The van der Waals surface area contributed by atoms with Crippen molar-refractivity contribution in [2.75, 3.05) is 18.4 Å². The summed E-state index contributed by atoms with van der Waals surface area (Å²) in [6.45, 7) is 7.21. The molecule has 0 radical (unpaired) electrons. The fourth-order valence-electron chi connectivity index (χ4n) is 2.48. The Morgan fingerprint density at radius 3 is 2.86 bits per heavy atom. The highest BCUT2D eigenvalue weighted by Gasteiger charge is 2.20. The molecule has 2 heterocycles. The van der Waals surface area contributed by atoms with E-state index in [9.17, 15) is 4.79 Å². The summed E-state index contributed by atoms with van der Waals surface area (Å²) >= 11 is 1.48. The minimum absolute atomic E-state index is 0.136. The maximum atomic E-state index is 12.0. The Morgan fingerprint density at radius 2 is 2.19 bits per heavy atom. The predicted molar refractivity (Wildman–Crippen MR) is 87.3 cm³/mol. The van der Waals surface area contributed by atoms with Crippen LogP contribution in [0.1, 0.15) is 45.2 Å². The van der Waals surface area contributed by atoms with E-state index in [-0.39, 0.29) is 11.8 Å². The van der Waals surface area contributed by atoms with E-state index in [1.165, 1.54) is 30.6 Å². The van der Waals surface area contributed by atoms with Crippen molar-refractivity contribution in [2.24, 2.45) is 11.7 Å². The van der Waals surface area contributed by atoms with Crippen LogP contribution in [0, 0.1) is 5.92 Å². The van der Waals surface area contributed by atoms with Crippen LogP contribution in [0.15, 0.2) is 5.38 Å². The molecule has 0 aromatic carbocycles. The van der Waals surface area contributed by atoms with Crippen molar-refractivity contribution in [3.63, 3.8) is 0 Å². The number of nitrogens with one attached hydrogen (secondary N) is 1. The average Bonchev–Trinajstić information content (AvgIpc) is 2.93. The molecule has 1 aliphatic rings. The Balaban J connectivity index is 1.86. The van der Waals surface area contributed by atoms with Crippen LogP contribution in [0.5, 0.6) is 0 Å². The molecule has 118 valence electrons. The van der Waals surface area contributed by atoms with Gasteiger partial charge >= 0.3 is 0 Å². The average molecular weight is 310 g/mol. The van der Waals surface area contributed by atoms with Crippen molar-refractivity contribution in [1.82, 2.24) is 9.88 Å². The van der Waals surface area contributed by atoms with Gasteiger partial charge in [-0.15, -0.1) is 11.3 Å². The second kappa shape index (κ2) is 7.87. The van der Waals surface area contributed by atoms with Crippen molar-refractivity contribution in [2.45, 2.75) is 52.1 Å². The highest BCUT2D eigenvalue weighted by Crippen LogP contribution is 2.19. The van der Waals surface area contributed by atoms with Gasteiger partial charge in [-0.25, -0.2) is 4.98 Å². The summed E-state index contributed by atoms with van der Waals surface area (Å²) in [5, 5.41) is 5.52. The molecular weight excluding hydrogens is 284 g/mol. The molecule has 2 atom stereocenters. The van der Waals surface area contributed by atoms with E-state index in [1.807, 2.05) is 19.2 Å². The number of rotatable bonds is 6. The highest BCUT2D eigenvalue weighted by atomic mass is 32.1. The zero-order valence-electron chi connectivity index (χ0n) is 13.0. The van der Waals surface area contributed by atoms with Crippen molar-refractivity contribution in [3.05, 3.63) is 11.1 Å². The van der Waals surface area contributed by atoms with Gasteiger partial charge in [0.15, 0.2) is 5.13 Å². The normalized spacial score (nSPS) is 19.2. The van der Waals surface area contributed by atoms with Gasteiger partial charge in [-0.05, 0) is 31.8 Å². The summed E-state index contributed by atoms with van der Waals surface area (Å²) in [4.78, 5) is 19.0. The lowest BCUT2D eigenvalue weighted by Crippen LogP contribution is -2.40. The van der Waals surface area contributed by atoms with E-state index < -0.39 is 6.04 Å². The Bertz CT molecular complexity index is 456. The molecule has 0 bridgehead atoms. The van der Waals surface area contributed by atoms with Crippen LogP contribution in [0.4, 0.5) is 5.13 Å². The molecule has 0 saturated carbocycles. The molecule has 1 aromatic rings. The zero-order chi connectivity index (χ0) is 15.2. The standard InChI is InChI=1S/C15H26N4OS/c1-3-11(2)13(16)14(20)18-15-17-12(10-21-15)9-19-7-5-4-6-8-19/h10-11,13H,3-9,16H2,1-2H3,(H,17,18,20). The molecule has 1 saturated heterocycles. The number of carbonyl (C=O) groups excluding carboxylic acids is 1. The lowest BCUT2D eigenvalue weighted by molar-refractivity contribution is -0.118. The number of anilines is 1. The molecule has 2 unspecified atom stereocenters. The first-order chi connectivity index (χ1) is 10.1. The molecule has 5 nitrogen and oxygen atoms in total. The Morgan fingerprint density at radius 1 is 1.48 bits per heavy atom. The van der Waals surface area contributed by atoms with E-state index in [4.69, 9.17) is 5.73 Å². The summed E-state index contributed by atoms with van der Waals surface area (Å²) in [6.07, 6.45) is 4.78. The molecule has 1 aliphatic heterocycles. The number of aromatic nitrogens is 1. The number of likely N-dealkylation sites (tertiary alicyclic amines) is 1. The fourth-order valence-corrected chi connectivity index (χ4v) is 3.19. The molecule has 1 aromatic heterocycles. The maximum absolute atomic E-state index is 12.0.